The number of carbonyl (C=O) groups excluding carboxylic acids is 2. The van der Waals surface area contributed by atoms with Gasteiger partial charge in [0.2, 0.25) is 0 Å². The molecule has 160 valence electrons. The predicted molar refractivity (Wildman–Crippen MR) is 103 cm³/mol. The van der Waals surface area contributed by atoms with E-state index in [1.54, 1.807) is 0 Å². The van der Waals surface area contributed by atoms with Crippen LogP contribution >= 0.6 is 7.60 Å². The fourth-order valence-electron chi connectivity index (χ4n) is 1.89. The fourth-order valence-corrected chi connectivity index (χ4v) is 3.13. The van der Waals surface area contributed by atoms with Crippen LogP contribution in [0.4, 0.5) is 9.59 Å². The van der Waals surface area contributed by atoms with E-state index in [1.807, 2.05) is 20.8 Å². The largest absolute Gasteiger partial charge is 0.446 e. The van der Waals surface area contributed by atoms with Crippen molar-refractivity contribution in [3.8, 4) is 0 Å². The van der Waals surface area contributed by atoms with Crippen molar-refractivity contribution in [3.63, 3.8) is 0 Å². The number of rotatable bonds is 15. The molecule has 9 nitrogen and oxygen atoms in total. The summed E-state index contributed by atoms with van der Waals surface area (Å²) in [4.78, 5) is 33.2. The molecule has 0 aromatic carbocycles. The highest BCUT2D eigenvalue weighted by Gasteiger charge is 2.24. The first-order valence-electron chi connectivity index (χ1n) is 9.66. The van der Waals surface area contributed by atoms with Gasteiger partial charge in [0, 0.05) is 19.3 Å². The molecule has 0 aromatic heterocycles. The van der Waals surface area contributed by atoms with Crippen LogP contribution in [0.5, 0.6) is 0 Å². The Balaban J connectivity index is 4.53. The lowest BCUT2D eigenvalue weighted by atomic mass is 10.3. The Morgan fingerprint density at radius 1 is 0.926 bits per heavy atom. The number of carbonyl (C=O) groups is 2. The Hall–Kier alpha value is -1.31. The minimum atomic E-state index is -3.77. The van der Waals surface area contributed by atoms with Gasteiger partial charge in [-0.1, -0.05) is 40.0 Å². The minimum absolute atomic E-state index is 0.0251. The van der Waals surface area contributed by atoms with E-state index in [2.05, 4.69) is 10.6 Å². The molecule has 0 aliphatic heterocycles. The Kier molecular flexibility index (Phi) is 15.0. The number of alkyl carbamates (subject to hydrolysis) is 2. The average molecular weight is 410 g/mol. The second-order valence-electron chi connectivity index (χ2n) is 6.20. The Morgan fingerprint density at radius 2 is 1.48 bits per heavy atom. The number of ether oxygens (including phenoxy) is 2. The summed E-state index contributed by atoms with van der Waals surface area (Å²) in [6.45, 7) is 6.22. The summed E-state index contributed by atoms with van der Waals surface area (Å²) in [7, 11) is -3.77. The SMILES string of the molecule is CCCCNC(=O)OC[C@H](COP(=O)(O)CCCC)OC(=O)NCCCC. The first-order valence-corrected chi connectivity index (χ1v) is 11.4. The van der Waals surface area contributed by atoms with Crippen molar-refractivity contribution in [2.24, 2.45) is 0 Å². The van der Waals surface area contributed by atoms with E-state index in [-0.39, 0.29) is 19.4 Å². The van der Waals surface area contributed by atoms with Gasteiger partial charge in [0.05, 0.1) is 6.61 Å². The normalized spacial score (nSPS) is 14.1. The summed E-state index contributed by atoms with van der Waals surface area (Å²) in [6, 6.07) is 0. The molecule has 0 aliphatic rings. The molecule has 0 saturated heterocycles. The van der Waals surface area contributed by atoms with Crippen molar-refractivity contribution in [1.29, 1.82) is 0 Å². The van der Waals surface area contributed by atoms with Gasteiger partial charge in [-0.3, -0.25) is 4.57 Å². The van der Waals surface area contributed by atoms with E-state index in [1.165, 1.54) is 0 Å². The quantitative estimate of drug-likeness (QED) is 0.279. The van der Waals surface area contributed by atoms with Crippen LogP contribution < -0.4 is 10.6 Å². The third-order valence-corrected chi connectivity index (χ3v) is 4.96. The van der Waals surface area contributed by atoms with E-state index < -0.39 is 25.9 Å². The van der Waals surface area contributed by atoms with E-state index in [0.717, 1.165) is 32.1 Å². The lowest BCUT2D eigenvalue weighted by molar-refractivity contribution is 0.0176. The molecular formula is C17H35N2O7P. The van der Waals surface area contributed by atoms with Crippen LogP contribution in [0.15, 0.2) is 0 Å². The van der Waals surface area contributed by atoms with Gasteiger partial charge < -0.3 is 29.5 Å². The zero-order valence-electron chi connectivity index (χ0n) is 16.7. The summed E-state index contributed by atoms with van der Waals surface area (Å²) >= 11 is 0. The molecule has 0 saturated carbocycles. The van der Waals surface area contributed by atoms with Crippen LogP contribution in [0.2, 0.25) is 0 Å². The number of nitrogens with one attached hydrogen (secondary N) is 2. The van der Waals surface area contributed by atoms with Crippen LogP contribution in [-0.2, 0) is 18.6 Å². The smallest absolute Gasteiger partial charge is 0.407 e. The van der Waals surface area contributed by atoms with E-state index in [4.69, 9.17) is 14.0 Å². The summed E-state index contributed by atoms with van der Waals surface area (Å²) in [5.41, 5.74) is 0. The van der Waals surface area contributed by atoms with Gasteiger partial charge >= 0.3 is 19.8 Å². The molecule has 0 rings (SSSR count). The zero-order valence-corrected chi connectivity index (χ0v) is 17.6. The second kappa shape index (κ2) is 15.7. The molecule has 0 spiro atoms. The highest BCUT2D eigenvalue weighted by Crippen LogP contribution is 2.42. The molecule has 0 aromatic rings. The lowest BCUT2D eigenvalue weighted by Crippen LogP contribution is -2.36. The maximum Gasteiger partial charge on any atom is 0.407 e. The van der Waals surface area contributed by atoms with E-state index in [0.29, 0.717) is 19.5 Å². The number of amides is 2. The maximum atomic E-state index is 11.9. The summed E-state index contributed by atoms with van der Waals surface area (Å²) in [5.74, 6) is 0. The predicted octanol–water partition coefficient (Wildman–Crippen LogP) is 3.41. The van der Waals surface area contributed by atoms with Crippen molar-refractivity contribution in [2.45, 2.75) is 65.4 Å². The van der Waals surface area contributed by atoms with Gasteiger partial charge in [0.15, 0.2) is 6.10 Å². The number of unbranched alkanes of at least 4 members (excludes halogenated alkanes) is 3. The van der Waals surface area contributed by atoms with Crippen LogP contribution in [0.1, 0.15) is 59.3 Å². The Morgan fingerprint density at radius 3 is 2.04 bits per heavy atom. The van der Waals surface area contributed by atoms with Gasteiger partial charge in [-0.05, 0) is 19.3 Å². The van der Waals surface area contributed by atoms with Crippen molar-refractivity contribution in [2.75, 3.05) is 32.5 Å². The topological polar surface area (TPSA) is 123 Å². The van der Waals surface area contributed by atoms with Gasteiger partial charge in [0.1, 0.15) is 6.61 Å². The molecule has 0 aliphatic carbocycles. The van der Waals surface area contributed by atoms with Gasteiger partial charge in [-0.15, -0.1) is 0 Å². The third-order valence-electron chi connectivity index (χ3n) is 3.53. The van der Waals surface area contributed by atoms with Gasteiger partial charge in [-0.2, -0.15) is 0 Å². The molecule has 2 atom stereocenters. The van der Waals surface area contributed by atoms with Crippen molar-refractivity contribution >= 4 is 19.8 Å². The molecule has 2 amide bonds. The molecule has 1 unspecified atom stereocenters. The van der Waals surface area contributed by atoms with Crippen molar-refractivity contribution in [3.05, 3.63) is 0 Å². The monoisotopic (exact) mass is 410 g/mol. The molecular weight excluding hydrogens is 375 g/mol. The fraction of sp³-hybridized carbons (Fsp3) is 0.882. The van der Waals surface area contributed by atoms with Crippen LogP contribution in [0, 0.1) is 0 Å². The Labute approximate surface area is 162 Å². The number of hydrogen-bond donors (Lipinski definition) is 3. The summed E-state index contributed by atoms with van der Waals surface area (Å²) in [5, 5.41) is 5.14. The molecule has 10 heteroatoms. The molecule has 0 bridgehead atoms. The standard InChI is InChI=1S/C17H35N2O7P/c1-4-7-10-18-16(20)24-13-15(26-17(21)19-11-8-5-2)14-25-27(22,23)12-9-6-3/h15H,4-14H2,1-3H3,(H,18,20)(H,19,21)(H,22,23)/t15-/m1/s1. The molecule has 0 fully saturated rings. The molecule has 3 N–H and O–H groups in total. The molecule has 27 heavy (non-hydrogen) atoms. The second-order valence-corrected chi connectivity index (χ2v) is 8.18. The molecule has 0 heterocycles. The third kappa shape index (κ3) is 15.4. The van der Waals surface area contributed by atoms with E-state index in [9.17, 15) is 19.0 Å². The highest BCUT2D eigenvalue weighted by molar-refractivity contribution is 7.52. The summed E-state index contributed by atoms with van der Waals surface area (Å²) in [6.07, 6.45) is 2.50. The van der Waals surface area contributed by atoms with Crippen LogP contribution in [-0.4, -0.2) is 55.6 Å². The zero-order chi connectivity index (χ0) is 20.5. The van der Waals surface area contributed by atoms with Gasteiger partial charge in [0.25, 0.3) is 0 Å². The van der Waals surface area contributed by atoms with Crippen molar-refractivity contribution < 1.29 is 33.0 Å². The highest BCUT2D eigenvalue weighted by atomic mass is 31.2. The Bertz CT molecular complexity index is 463. The van der Waals surface area contributed by atoms with Gasteiger partial charge in [-0.25, -0.2) is 9.59 Å². The molecule has 0 radical (unpaired) electrons. The minimum Gasteiger partial charge on any atom is -0.446 e. The average Bonchev–Trinajstić information content (AvgIpc) is 2.63. The first-order chi connectivity index (χ1) is 12.8. The van der Waals surface area contributed by atoms with Crippen LogP contribution in [0.3, 0.4) is 0 Å². The first kappa shape index (κ1) is 25.7. The lowest BCUT2D eigenvalue weighted by Gasteiger charge is -2.20. The summed E-state index contributed by atoms with van der Waals surface area (Å²) < 4.78 is 27.2. The van der Waals surface area contributed by atoms with E-state index >= 15 is 0 Å². The number of hydrogen-bond acceptors (Lipinski definition) is 6. The van der Waals surface area contributed by atoms with Crippen LogP contribution in [0.25, 0.3) is 0 Å². The van der Waals surface area contributed by atoms with Crippen molar-refractivity contribution in [1.82, 2.24) is 10.6 Å². The maximum absolute atomic E-state index is 11.9.